The molecule has 132 valence electrons. The van der Waals surface area contributed by atoms with Crippen molar-refractivity contribution in [3.8, 4) is 0 Å². The molecule has 0 aliphatic heterocycles. The van der Waals surface area contributed by atoms with Gasteiger partial charge in [-0.2, -0.15) is 0 Å². The Labute approximate surface area is 153 Å². The van der Waals surface area contributed by atoms with Crippen LogP contribution in [0.2, 0.25) is 5.02 Å². The lowest BCUT2D eigenvalue weighted by atomic mass is 10.2. The lowest BCUT2D eigenvalue weighted by Gasteiger charge is -2.08. The molecule has 0 aliphatic rings. The number of benzene rings is 2. The number of nitrogens with one attached hydrogen (secondary N) is 2. The molecule has 4 nitrogen and oxygen atoms in total. The summed E-state index contributed by atoms with van der Waals surface area (Å²) >= 11 is 5.74. The van der Waals surface area contributed by atoms with Crippen LogP contribution < -0.4 is 10.6 Å². The third-order valence-corrected chi connectivity index (χ3v) is 3.86. The molecule has 0 aliphatic carbocycles. The summed E-state index contributed by atoms with van der Waals surface area (Å²) in [6.45, 7) is 0.273. The van der Waals surface area contributed by atoms with Gasteiger partial charge in [-0.3, -0.25) is 4.79 Å². The summed E-state index contributed by atoms with van der Waals surface area (Å²) in [5.74, 6) is -1.17. The largest absolute Gasteiger partial charge is 0.354 e. The topological polar surface area (TPSA) is 54.0 Å². The molecule has 7 heteroatoms. The number of rotatable bonds is 5. The molecule has 0 unspecified atom stereocenters. The molecule has 0 saturated carbocycles. The molecule has 2 N–H and O–H groups in total. The Morgan fingerprint density at radius 1 is 1.00 bits per heavy atom. The molecule has 1 heterocycles. The van der Waals surface area contributed by atoms with Crippen LogP contribution in [-0.4, -0.2) is 10.9 Å². The second-order valence-corrected chi connectivity index (χ2v) is 5.90. The average molecular weight is 374 g/mol. The Balaban J connectivity index is 1.60. The highest BCUT2D eigenvalue weighted by Crippen LogP contribution is 2.22. The summed E-state index contributed by atoms with van der Waals surface area (Å²) in [5, 5.41) is 5.75. The van der Waals surface area contributed by atoms with Gasteiger partial charge < -0.3 is 10.6 Å². The first-order valence-electron chi connectivity index (χ1n) is 7.72. The number of nitrogens with zero attached hydrogens (tertiary/aromatic N) is 1. The molecule has 0 radical (unpaired) electrons. The molecular formula is C19H14ClF2N3O. The standard InChI is InChI=1S/C19H14ClF2N3O/c20-16-9-14(5-7-17(16)22)25-15-6-8-18(23-11-15)19(26)24-10-12-1-3-13(21)4-2-12/h1-9,11,25H,10H2,(H,24,26). The van der Waals surface area contributed by atoms with E-state index < -0.39 is 5.82 Å². The van der Waals surface area contributed by atoms with Gasteiger partial charge in [-0.25, -0.2) is 13.8 Å². The molecule has 2 aromatic carbocycles. The lowest BCUT2D eigenvalue weighted by molar-refractivity contribution is 0.0946. The van der Waals surface area contributed by atoms with E-state index in [1.165, 1.54) is 30.5 Å². The van der Waals surface area contributed by atoms with E-state index in [1.807, 2.05) is 0 Å². The minimum Gasteiger partial charge on any atom is -0.354 e. The smallest absolute Gasteiger partial charge is 0.270 e. The fraction of sp³-hybridized carbons (Fsp3) is 0.0526. The number of hydrogen-bond acceptors (Lipinski definition) is 3. The molecule has 26 heavy (non-hydrogen) atoms. The number of hydrogen-bond donors (Lipinski definition) is 2. The summed E-state index contributed by atoms with van der Waals surface area (Å²) in [4.78, 5) is 16.2. The van der Waals surface area contributed by atoms with Crippen LogP contribution in [0.15, 0.2) is 60.8 Å². The van der Waals surface area contributed by atoms with Crippen molar-refractivity contribution in [3.05, 3.63) is 88.7 Å². The van der Waals surface area contributed by atoms with Gasteiger partial charge in [0.05, 0.1) is 16.9 Å². The van der Waals surface area contributed by atoms with Gasteiger partial charge in [-0.05, 0) is 48.0 Å². The molecule has 0 fully saturated rings. The van der Waals surface area contributed by atoms with Crippen LogP contribution in [0.5, 0.6) is 0 Å². The van der Waals surface area contributed by atoms with Gasteiger partial charge in [0.2, 0.25) is 0 Å². The predicted molar refractivity (Wildman–Crippen MR) is 96.5 cm³/mol. The van der Waals surface area contributed by atoms with Crippen molar-refractivity contribution in [1.29, 1.82) is 0 Å². The maximum Gasteiger partial charge on any atom is 0.270 e. The quantitative estimate of drug-likeness (QED) is 0.682. The van der Waals surface area contributed by atoms with Crippen LogP contribution in [0, 0.1) is 11.6 Å². The fourth-order valence-electron chi connectivity index (χ4n) is 2.22. The Morgan fingerprint density at radius 3 is 2.38 bits per heavy atom. The first kappa shape index (κ1) is 17.8. The molecular weight excluding hydrogens is 360 g/mol. The summed E-state index contributed by atoms with van der Waals surface area (Å²) in [6.07, 6.45) is 1.49. The minimum atomic E-state index is -0.497. The summed E-state index contributed by atoms with van der Waals surface area (Å²) < 4.78 is 26.0. The first-order chi connectivity index (χ1) is 12.5. The van der Waals surface area contributed by atoms with Crippen molar-refractivity contribution in [2.45, 2.75) is 6.54 Å². The Hall–Kier alpha value is -2.99. The minimum absolute atomic E-state index is 0.0137. The zero-order valence-electron chi connectivity index (χ0n) is 13.5. The van der Waals surface area contributed by atoms with Crippen LogP contribution >= 0.6 is 11.6 Å². The molecule has 0 bridgehead atoms. The monoisotopic (exact) mass is 373 g/mol. The van der Waals surface area contributed by atoms with Crippen molar-refractivity contribution < 1.29 is 13.6 Å². The Bertz CT molecular complexity index is 915. The van der Waals surface area contributed by atoms with Gasteiger partial charge >= 0.3 is 0 Å². The van der Waals surface area contributed by atoms with Gasteiger partial charge in [0.15, 0.2) is 0 Å². The van der Waals surface area contributed by atoms with Gasteiger partial charge in [-0.1, -0.05) is 23.7 Å². The SMILES string of the molecule is O=C(NCc1ccc(F)cc1)c1ccc(Nc2ccc(F)c(Cl)c2)cn1. The van der Waals surface area contributed by atoms with Crippen molar-refractivity contribution >= 4 is 28.9 Å². The van der Waals surface area contributed by atoms with Gasteiger partial charge in [0, 0.05) is 12.2 Å². The predicted octanol–water partition coefficient (Wildman–Crippen LogP) is 4.69. The second-order valence-electron chi connectivity index (χ2n) is 5.50. The van der Waals surface area contributed by atoms with Crippen molar-refractivity contribution in [3.63, 3.8) is 0 Å². The van der Waals surface area contributed by atoms with E-state index in [0.29, 0.717) is 11.4 Å². The van der Waals surface area contributed by atoms with E-state index in [2.05, 4.69) is 15.6 Å². The van der Waals surface area contributed by atoms with Gasteiger partial charge in [0.25, 0.3) is 5.91 Å². The number of pyridine rings is 1. The number of aromatic nitrogens is 1. The molecule has 3 aromatic rings. The van der Waals surface area contributed by atoms with Crippen molar-refractivity contribution in [2.75, 3.05) is 5.32 Å². The highest BCUT2D eigenvalue weighted by Gasteiger charge is 2.08. The highest BCUT2D eigenvalue weighted by molar-refractivity contribution is 6.31. The first-order valence-corrected chi connectivity index (χ1v) is 8.10. The van der Waals surface area contributed by atoms with E-state index >= 15 is 0 Å². The van der Waals surface area contributed by atoms with Crippen LogP contribution in [0.4, 0.5) is 20.2 Å². The van der Waals surface area contributed by atoms with Crippen molar-refractivity contribution in [2.24, 2.45) is 0 Å². The summed E-state index contributed by atoms with van der Waals surface area (Å²) in [6, 6.07) is 13.4. The number of amides is 1. The molecule has 1 aromatic heterocycles. The van der Waals surface area contributed by atoms with E-state index in [9.17, 15) is 13.6 Å². The Morgan fingerprint density at radius 2 is 1.73 bits per heavy atom. The number of anilines is 2. The third kappa shape index (κ3) is 4.55. The molecule has 1 amide bonds. The van der Waals surface area contributed by atoms with Crippen LogP contribution in [0.3, 0.4) is 0 Å². The van der Waals surface area contributed by atoms with E-state index in [-0.39, 0.29) is 29.0 Å². The van der Waals surface area contributed by atoms with Crippen molar-refractivity contribution in [1.82, 2.24) is 10.3 Å². The average Bonchev–Trinajstić information content (AvgIpc) is 2.65. The van der Waals surface area contributed by atoms with E-state index in [1.54, 1.807) is 30.3 Å². The van der Waals surface area contributed by atoms with Gasteiger partial charge in [-0.15, -0.1) is 0 Å². The fourth-order valence-corrected chi connectivity index (χ4v) is 2.40. The summed E-state index contributed by atoms with van der Waals surface area (Å²) in [7, 11) is 0. The second kappa shape index (κ2) is 7.93. The number of carbonyl (C=O) groups excluding carboxylic acids is 1. The van der Waals surface area contributed by atoms with E-state index in [0.717, 1.165) is 5.56 Å². The summed E-state index contributed by atoms with van der Waals surface area (Å²) in [5.41, 5.74) is 2.26. The molecule has 3 rings (SSSR count). The molecule has 0 saturated heterocycles. The molecule has 0 atom stereocenters. The zero-order valence-corrected chi connectivity index (χ0v) is 14.2. The lowest BCUT2D eigenvalue weighted by Crippen LogP contribution is -2.23. The maximum atomic E-state index is 13.2. The third-order valence-electron chi connectivity index (χ3n) is 3.57. The maximum absolute atomic E-state index is 13.2. The highest BCUT2D eigenvalue weighted by atomic mass is 35.5. The van der Waals surface area contributed by atoms with Crippen LogP contribution in [0.1, 0.15) is 16.1 Å². The molecule has 0 spiro atoms. The van der Waals surface area contributed by atoms with E-state index in [4.69, 9.17) is 11.6 Å². The van der Waals surface area contributed by atoms with Gasteiger partial charge in [0.1, 0.15) is 17.3 Å². The normalized spacial score (nSPS) is 10.4. The zero-order chi connectivity index (χ0) is 18.5. The van der Waals surface area contributed by atoms with Crippen LogP contribution in [0.25, 0.3) is 0 Å². The number of carbonyl (C=O) groups is 1. The van der Waals surface area contributed by atoms with Crippen LogP contribution in [-0.2, 0) is 6.54 Å². The Kier molecular flexibility index (Phi) is 5.43. The number of halogens is 3.